The molecular formula is C11H13NO2. The fourth-order valence-corrected chi connectivity index (χ4v) is 1.16. The second kappa shape index (κ2) is 4.46. The molecule has 0 aliphatic carbocycles. The molecule has 3 heteroatoms. The van der Waals surface area contributed by atoms with Crippen LogP contribution in [0.2, 0.25) is 0 Å². The minimum Gasteiger partial charge on any atom is -0.496 e. The Labute approximate surface area is 83.2 Å². The van der Waals surface area contributed by atoms with Crippen molar-refractivity contribution in [2.24, 2.45) is 5.73 Å². The van der Waals surface area contributed by atoms with Gasteiger partial charge in [-0.3, -0.25) is 4.79 Å². The second-order valence-corrected chi connectivity index (χ2v) is 2.98. The van der Waals surface area contributed by atoms with Gasteiger partial charge in [-0.25, -0.2) is 0 Å². The first-order valence-corrected chi connectivity index (χ1v) is 4.25. The molecule has 74 valence electrons. The summed E-state index contributed by atoms with van der Waals surface area (Å²) in [7, 11) is 1.59. The first kappa shape index (κ1) is 10.3. The molecule has 14 heavy (non-hydrogen) atoms. The van der Waals surface area contributed by atoms with Crippen molar-refractivity contribution in [3.63, 3.8) is 0 Å². The van der Waals surface area contributed by atoms with E-state index in [0.29, 0.717) is 0 Å². The van der Waals surface area contributed by atoms with E-state index in [9.17, 15) is 4.79 Å². The van der Waals surface area contributed by atoms with Gasteiger partial charge in [0.1, 0.15) is 5.75 Å². The molecule has 0 fully saturated rings. The summed E-state index contributed by atoms with van der Waals surface area (Å²) in [6.07, 6.45) is 2.96. The van der Waals surface area contributed by atoms with Gasteiger partial charge in [-0.1, -0.05) is 11.6 Å². The average Bonchev–Trinajstić information content (AvgIpc) is 2.15. The van der Waals surface area contributed by atoms with E-state index in [4.69, 9.17) is 10.5 Å². The van der Waals surface area contributed by atoms with Gasteiger partial charge in [0.25, 0.3) is 0 Å². The maximum absolute atomic E-state index is 10.6. The standard InChI is InChI=1S/C11H13NO2/c1-8-3-5-10(14-2)9(7-8)4-6-11(12)13/h3-7H,1-2H3,(H2,12,13)/b6-4+. The lowest BCUT2D eigenvalue weighted by Gasteiger charge is -2.04. The summed E-state index contributed by atoms with van der Waals surface area (Å²) in [6.45, 7) is 1.97. The smallest absolute Gasteiger partial charge is 0.241 e. The fourth-order valence-electron chi connectivity index (χ4n) is 1.16. The first-order chi connectivity index (χ1) is 6.63. The van der Waals surface area contributed by atoms with E-state index in [1.807, 2.05) is 25.1 Å². The highest BCUT2D eigenvalue weighted by atomic mass is 16.5. The Balaban J connectivity index is 3.04. The van der Waals surface area contributed by atoms with Crippen molar-refractivity contribution in [3.05, 3.63) is 35.4 Å². The number of carbonyl (C=O) groups excluding carboxylic acids is 1. The van der Waals surface area contributed by atoms with Gasteiger partial charge in [0.2, 0.25) is 5.91 Å². The SMILES string of the molecule is COc1ccc(C)cc1/C=C/C(N)=O. The van der Waals surface area contributed by atoms with E-state index < -0.39 is 5.91 Å². The summed E-state index contributed by atoms with van der Waals surface area (Å²) in [5, 5.41) is 0. The molecule has 0 atom stereocenters. The Kier molecular flexibility index (Phi) is 3.29. The van der Waals surface area contributed by atoms with Crippen LogP contribution in [0.25, 0.3) is 6.08 Å². The van der Waals surface area contributed by atoms with E-state index in [2.05, 4.69) is 0 Å². The van der Waals surface area contributed by atoms with Gasteiger partial charge >= 0.3 is 0 Å². The van der Waals surface area contributed by atoms with Crippen molar-refractivity contribution in [1.82, 2.24) is 0 Å². The molecule has 0 radical (unpaired) electrons. The van der Waals surface area contributed by atoms with Gasteiger partial charge in [-0.2, -0.15) is 0 Å². The quantitative estimate of drug-likeness (QED) is 0.736. The zero-order valence-electron chi connectivity index (χ0n) is 8.28. The third-order valence-electron chi connectivity index (χ3n) is 1.81. The van der Waals surface area contributed by atoms with Crippen molar-refractivity contribution in [2.45, 2.75) is 6.92 Å². The zero-order valence-corrected chi connectivity index (χ0v) is 8.28. The minimum atomic E-state index is -0.464. The van der Waals surface area contributed by atoms with E-state index in [-0.39, 0.29) is 0 Å². The number of carbonyl (C=O) groups is 1. The molecule has 1 amide bonds. The number of methoxy groups -OCH3 is 1. The van der Waals surface area contributed by atoms with E-state index >= 15 is 0 Å². The molecule has 0 aliphatic rings. The van der Waals surface area contributed by atoms with Crippen LogP contribution in [-0.2, 0) is 4.79 Å². The van der Waals surface area contributed by atoms with Crippen LogP contribution < -0.4 is 10.5 Å². The lowest BCUT2D eigenvalue weighted by Crippen LogP contribution is -2.05. The number of nitrogens with two attached hydrogens (primary N) is 1. The Bertz CT molecular complexity index is 370. The van der Waals surface area contributed by atoms with Gasteiger partial charge in [0.05, 0.1) is 7.11 Å². The van der Waals surface area contributed by atoms with Crippen molar-refractivity contribution in [3.8, 4) is 5.75 Å². The first-order valence-electron chi connectivity index (χ1n) is 4.25. The molecule has 1 rings (SSSR count). The van der Waals surface area contributed by atoms with Gasteiger partial charge in [0, 0.05) is 11.6 Å². The highest BCUT2D eigenvalue weighted by molar-refractivity contribution is 5.90. The topological polar surface area (TPSA) is 52.3 Å². The Hall–Kier alpha value is -1.77. The summed E-state index contributed by atoms with van der Waals surface area (Å²) in [6, 6.07) is 5.73. The van der Waals surface area contributed by atoms with E-state index in [1.54, 1.807) is 13.2 Å². The highest BCUT2D eigenvalue weighted by Crippen LogP contribution is 2.20. The predicted octanol–water partition coefficient (Wildman–Crippen LogP) is 1.50. The summed E-state index contributed by atoms with van der Waals surface area (Å²) >= 11 is 0. The highest BCUT2D eigenvalue weighted by Gasteiger charge is 1.99. The van der Waals surface area contributed by atoms with Gasteiger partial charge < -0.3 is 10.5 Å². The summed E-state index contributed by atoms with van der Waals surface area (Å²) in [5.41, 5.74) is 6.96. The normalized spacial score (nSPS) is 10.4. The van der Waals surface area contributed by atoms with E-state index in [0.717, 1.165) is 16.9 Å². The van der Waals surface area contributed by atoms with Gasteiger partial charge in [0.15, 0.2) is 0 Å². The number of benzene rings is 1. The number of rotatable bonds is 3. The number of aryl methyl sites for hydroxylation is 1. The lowest BCUT2D eigenvalue weighted by atomic mass is 10.1. The molecule has 0 heterocycles. The van der Waals surface area contributed by atoms with Gasteiger partial charge in [-0.15, -0.1) is 0 Å². The van der Waals surface area contributed by atoms with Crippen LogP contribution in [0, 0.1) is 6.92 Å². The molecule has 0 saturated carbocycles. The molecule has 1 aromatic carbocycles. The fraction of sp³-hybridized carbons (Fsp3) is 0.182. The van der Waals surface area contributed by atoms with Crippen molar-refractivity contribution in [1.29, 1.82) is 0 Å². The number of hydrogen-bond acceptors (Lipinski definition) is 2. The molecule has 0 bridgehead atoms. The second-order valence-electron chi connectivity index (χ2n) is 2.98. The zero-order chi connectivity index (χ0) is 10.6. The largest absolute Gasteiger partial charge is 0.496 e. The minimum absolute atomic E-state index is 0.464. The molecular weight excluding hydrogens is 178 g/mol. The van der Waals surface area contributed by atoms with E-state index in [1.165, 1.54) is 6.08 Å². The summed E-state index contributed by atoms with van der Waals surface area (Å²) < 4.78 is 5.13. The number of primary amides is 1. The molecule has 0 spiro atoms. The third kappa shape index (κ3) is 2.62. The molecule has 0 aliphatic heterocycles. The van der Waals surface area contributed by atoms with Crippen molar-refractivity contribution >= 4 is 12.0 Å². The Morgan fingerprint density at radius 3 is 2.79 bits per heavy atom. The average molecular weight is 191 g/mol. The van der Waals surface area contributed by atoms with Crippen molar-refractivity contribution in [2.75, 3.05) is 7.11 Å². The molecule has 3 nitrogen and oxygen atoms in total. The van der Waals surface area contributed by atoms with Crippen LogP contribution in [0.1, 0.15) is 11.1 Å². The third-order valence-corrected chi connectivity index (χ3v) is 1.81. The number of hydrogen-bond donors (Lipinski definition) is 1. The van der Waals surface area contributed by atoms with Crippen LogP contribution in [0.5, 0.6) is 5.75 Å². The monoisotopic (exact) mass is 191 g/mol. The van der Waals surface area contributed by atoms with Crippen LogP contribution in [0.3, 0.4) is 0 Å². The molecule has 0 unspecified atom stereocenters. The molecule has 0 aromatic heterocycles. The maximum atomic E-state index is 10.6. The molecule has 1 aromatic rings. The Morgan fingerprint density at radius 1 is 1.50 bits per heavy atom. The maximum Gasteiger partial charge on any atom is 0.241 e. The lowest BCUT2D eigenvalue weighted by molar-refractivity contribution is -0.113. The van der Waals surface area contributed by atoms with Crippen LogP contribution in [0.4, 0.5) is 0 Å². The van der Waals surface area contributed by atoms with Crippen molar-refractivity contribution < 1.29 is 9.53 Å². The summed E-state index contributed by atoms with van der Waals surface area (Å²) in [5.74, 6) is 0.265. The predicted molar refractivity (Wildman–Crippen MR) is 56.0 cm³/mol. The van der Waals surface area contributed by atoms with Crippen LogP contribution in [-0.4, -0.2) is 13.0 Å². The Morgan fingerprint density at radius 2 is 2.21 bits per heavy atom. The molecule has 0 saturated heterocycles. The number of ether oxygens (including phenoxy) is 1. The van der Waals surface area contributed by atoms with Crippen LogP contribution in [0.15, 0.2) is 24.3 Å². The molecule has 2 N–H and O–H groups in total. The number of amides is 1. The van der Waals surface area contributed by atoms with Crippen LogP contribution >= 0.6 is 0 Å². The van der Waals surface area contributed by atoms with Gasteiger partial charge in [-0.05, 0) is 25.1 Å². The summed E-state index contributed by atoms with van der Waals surface area (Å²) in [4.78, 5) is 10.6.